The maximum Gasteiger partial charge on any atom is 0.176 e. The maximum atomic E-state index is 12.1. The second kappa shape index (κ2) is 6.84. The third-order valence-corrected chi connectivity index (χ3v) is 3.28. The van der Waals surface area contributed by atoms with Crippen molar-refractivity contribution in [3.63, 3.8) is 0 Å². The van der Waals surface area contributed by atoms with Gasteiger partial charge in [-0.1, -0.05) is 12.1 Å². The first-order valence-electron chi connectivity index (χ1n) is 7.60. The van der Waals surface area contributed by atoms with E-state index in [0.29, 0.717) is 17.1 Å². The van der Waals surface area contributed by atoms with Crippen molar-refractivity contribution in [2.45, 2.75) is 33.2 Å². The summed E-state index contributed by atoms with van der Waals surface area (Å²) < 4.78 is 5.66. The molecule has 4 heteroatoms. The van der Waals surface area contributed by atoms with Crippen LogP contribution in [0.15, 0.2) is 42.5 Å². The summed E-state index contributed by atoms with van der Waals surface area (Å²) in [6, 6.07) is 12.3. The fourth-order valence-corrected chi connectivity index (χ4v) is 2.03. The molecule has 2 N–H and O–H groups in total. The number of aromatic hydroxyl groups is 1. The van der Waals surface area contributed by atoms with Gasteiger partial charge in [-0.3, -0.25) is 4.79 Å². The van der Waals surface area contributed by atoms with Crippen LogP contribution in [0.25, 0.3) is 0 Å². The van der Waals surface area contributed by atoms with E-state index in [-0.39, 0.29) is 23.6 Å². The van der Waals surface area contributed by atoms with E-state index in [1.165, 1.54) is 6.07 Å². The number of carbonyl (C=O) groups excluding carboxylic acids is 1. The zero-order valence-electron chi connectivity index (χ0n) is 14.0. The summed E-state index contributed by atoms with van der Waals surface area (Å²) >= 11 is 0. The van der Waals surface area contributed by atoms with Crippen LogP contribution in [-0.4, -0.2) is 23.0 Å². The topological polar surface area (TPSA) is 58.6 Å². The molecule has 0 amide bonds. The summed E-state index contributed by atoms with van der Waals surface area (Å²) in [7, 11) is 0. The molecule has 0 unspecified atom stereocenters. The molecule has 0 aliphatic heterocycles. The average molecular weight is 313 g/mol. The van der Waals surface area contributed by atoms with E-state index in [2.05, 4.69) is 5.32 Å². The highest BCUT2D eigenvalue weighted by molar-refractivity contribution is 5.98. The van der Waals surface area contributed by atoms with Crippen LogP contribution in [0.4, 0.5) is 0 Å². The molecule has 0 fully saturated rings. The summed E-state index contributed by atoms with van der Waals surface area (Å²) in [4.78, 5) is 12.1. The first-order chi connectivity index (χ1) is 10.7. The molecule has 122 valence electrons. The van der Waals surface area contributed by atoms with Crippen LogP contribution in [0, 0.1) is 6.92 Å². The van der Waals surface area contributed by atoms with Crippen LogP contribution in [0.3, 0.4) is 0 Å². The van der Waals surface area contributed by atoms with Gasteiger partial charge in [-0.05, 0) is 63.6 Å². The highest BCUT2D eigenvalue weighted by Gasteiger charge is 2.14. The van der Waals surface area contributed by atoms with Crippen molar-refractivity contribution in [2.24, 2.45) is 0 Å². The lowest BCUT2D eigenvalue weighted by atomic mass is 10.1. The third-order valence-electron chi connectivity index (χ3n) is 3.28. The number of Topliss-reactive ketones (excluding diaryl/α,β-unsaturated/α-hetero) is 1. The van der Waals surface area contributed by atoms with Crippen molar-refractivity contribution < 1.29 is 14.6 Å². The molecule has 2 rings (SSSR count). The van der Waals surface area contributed by atoms with Crippen LogP contribution in [-0.2, 0) is 0 Å². The van der Waals surface area contributed by atoms with Crippen molar-refractivity contribution in [1.29, 1.82) is 0 Å². The van der Waals surface area contributed by atoms with E-state index in [1.54, 1.807) is 12.1 Å². The van der Waals surface area contributed by atoms with Gasteiger partial charge in [0.2, 0.25) is 0 Å². The molecule has 0 saturated carbocycles. The lowest BCUT2D eigenvalue weighted by Crippen LogP contribution is -2.39. The molecule has 0 heterocycles. The summed E-state index contributed by atoms with van der Waals surface area (Å²) in [5.74, 6) is 0.857. The van der Waals surface area contributed by atoms with Gasteiger partial charge < -0.3 is 15.2 Å². The standard InChI is InChI=1S/C19H23NO3/c1-13-6-5-7-15(10-13)23-18-9-8-14(11-16(18)21)17(22)12-20-19(2,3)4/h5-11,20-21H,12H2,1-4H3. The quantitative estimate of drug-likeness (QED) is 0.817. The van der Waals surface area contributed by atoms with E-state index in [4.69, 9.17) is 4.74 Å². The van der Waals surface area contributed by atoms with Crippen LogP contribution >= 0.6 is 0 Å². The fourth-order valence-electron chi connectivity index (χ4n) is 2.03. The minimum absolute atomic E-state index is 0.0480. The molecule has 0 radical (unpaired) electrons. The largest absolute Gasteiger partial charge is 0.504 e. The van der Waals surface area contributed by atoms with E-state index in [0.717, 1.165) is 5.56 Å². The van der Waals surface area contributed by atoms with E-state index in [9.17, 15) is 9.90 Å². The molecule has 0 spiro atoms. The Balaban J connectivity index is 2.10. The number of phenols is 1. The first-order valence-corrected chi connectivity index (χ1v) is 7.60. The van der Waals surface area contributed by atoms with Gasteiger partial charge in [-0.15, -0.1) is 0 Å². The number of aryl methyl sites for hydroxylation is 1. The number of nitrogens with one attached hydrogen (secondary N) is 1. The van der Waals surface area contributed by atoms with Crippen LogP contribution in [0.1, 0.15) is 36.7 Å². The Morgan fingerprint density at radius 3 is 2.52 bits per heavy atom. The Labute approximate surface area is 137 Å². The molecule has 0 aliphatic rings. The van der Waals surface area contributed by atoms with Gasteiger partial charge in [0.25, 0.3) is 0 Å². The lowest BCUT2D eigenvalue weighted by Gasteiger charge is -2.19. The highest BCUT2D eigenvalue weighted by atomic mass is 16.5. The maximum absolute atomic E-state index is 12.1. The summed E-state index contributed by atoms with van der Waals surface area (Å²) in [6.07, 6.45) is 0. The van der Waals surface area contributed by atoms with Crippen molar-refractivity contribution in [3.8, 4) is 17.2 Å². The Morgan fingerprint density at radius 1 is 1.17 bits per heavy atom. The molecule has 4 nitrogen and oxygen atoms in total. The number of rotatable bonds is 5. The van der Waals surface area contributed by atoms with E-state index < -0.39 is 0 Å². The molecular weight excluding hydrogens is 290 g/mol. The predicted molar refractivity (Wildman–Crippen MR) is 91.4 cm³/mol. The smallest absolute Gasteiger partial charge is 0.176 e. The number of phenolic OH excluding ortho intramolecular Hbond substituents is 1. The molecule has 0 atom stereocenters. The lowest BCUT2D eigenvalue weighted by molar-refractivity contribution is 0.0981. The SMILES string of the molecule is Cc1cccc(Oc2ccc(C(=O)CNC(C)(C)C)cc2O)c1. The predicted octanol–water partition coefficient (Wildman–Crippen LogP) is 4.06. The average Bonchev–Trinajstić information content (AvgIpc) is 2.46. The zero-order valence-corrected chi connectivity index (χ0v) is 14.0. The summed E-state index contributed by atoms with van der Waals surface area (Å²) in [5.41, 5.74) is 1.39. The van der Waals surface area contributed by atoms with E-state index >= 15 is 0 Å². The monoisotopic (exact) mass is 313 g/mol. The Kier molecular flexibility index (Phi) is 5.06. The molecule has 23 heavy (non-hydrogen) atoms. The van der Waals surface area contributed by atoms with Crippen molar-refractivity contribution in [1.82, 2.24) is 5.32 Å². The fraction of sp³-hybridized carbons (Fsp3) is 0.316. The van der Waals surface area contributed by atoms with Gasteiger partial charge in [0, 0.05) is 11.1 Å². The second-order valence-corrected chi connectivity index (χ2v) is 6.63. The van der Waals surface area contributed by atoms with E-state index in [1.807, 2.05) is 52.0 Å². The van der Waals surface area contributed by atoms with Crippen molar-refractivity contribution >= 4 is 5.78 Å². The summed E-state index contributed by atoms with van der Waals surface area (Å²) in [5, 5.41) is 13.2. The number of ether oxygens (including phenoxy) is 1. The van der Waals surface area contributed by atoms with Crippen LogP contribution < -0.4 is 10.1 Å². The number of hydrogen-bond donors (Lipinski definition) is 2. The minimum Gasteiger partial charge on any atom is -0.504 e. The highest BCUT2D eigenvalue weighted by Crippen LogP contribution is 2.31. The number of ketones is 1. The zero-order chi connectivity index (χ0) is 17.0. The molecular formula is C19H23NO3. The normalized spacial score (nSPS) is 11.3. The van der Waals surface area contributed by atoms with Gasteiger partial charge in [-0.25, -0.2) is 0 Å². The molecule has 2 aromatic rings. The van der Waals surface area contributed by atoms with Crippen LogP contribution in [0.5, 0.6) is 17.2 Å². The Morgan fingerprint density at radius 2 is 1.91 bits per heavy atom. The first kappa shape index (κ1) is 17.0. The molecule has 0 saturated heterocycles. The van der Waals surface area contributed by atoms with Crippen molar-refractivity contribution in [3.05, 3.63) is 53.6 Å². The Hall–Kier alpha value is -2.33. The minimum atomic E-state index is -0.133. The molecule has 0 bridgehead atoms. The summed E-state index contributed by atoms with van der Waals surface area (Å²) in [6.45, 7) is 8.18. The van der Waals surface area contributed by atoms with Gasteiger partial charge in [0.15, 0.2) is 17.3 Å². The second-order valence-electron chi connectivity index (χ2n) is 6.63. The number of hydrogen-bond acceptors (Lipinski definition) is 4. The van der Waals surface area contributed by atoms with Gasteiger partial charge in [0.05, 0.1) is 6.54 Å². The molecule has 2 aromatic carbocycles. The Bertz CT molecular complexity index is 702. The van der Waals surface area contributed by atoms with Crippen molar-refractivity contribution in [2.75, 3.05) is 6.54 Å². The van der Waals surface area contributed by atoms with Gasteiger partial charge >= 0.3 is 0 Å². The number of carbonyl (C=O) groups is 1. The third kappa shape index (κ3) is 5.11. The number of benzene rings is 2. The molecule has 0 aliphatic carbocycles. The molecule has 0 aromatic heterocycles. The van der Waals surface area contributed by atoms with Crippen LogP contribution in [0.2, 0.25) is 0 Å². The van der Waals surface area contributed by atoms with Gasteiger partial charge in [-0.2, -0.15) is 0 Å². The van der Waals surface area contributed by atoms with Gasteiger partial charge in [0.1, 0.15) is 5.75 Å².